The van der Waals surface area contributed by atoms with Crippen LogP contribution in [0.1, 0.15) is 20.3 Å². The molecule has 0 unspecified atom stereocenters. The molecule has 108 valence electrons. The molecule has 0 aliphatic rings. The van der Waals surface area contributed by atoms with Gasteiger partial charge in [-0.15, -0.1) is 0 Å². The highest BCUT2D eigenvalue weighted by atomic mass is 79.9. The highest BCUT2D eigenvalue weighted by Crippen LogP contribution is 2.25. The molecule has 0 spiro atoms. The molecule has 0 bridgehead atoms. The van der Waals surface area contributed by atoms with Crippen LogP contribution in [-0.4, -0.2) is 38.3 Å². The number of anilines is 1. The van der Waals surface area contributed by atoms with Gasteiger partial charge in [0.05, 0.1) is 0 Å². The minimum Gasteiger partial charge on any atom is -0.372 e. The van der Waals surface area contributed by atoms with E-state index in [2.05, 4.69) is 40.1 Å². The van der Waals surface area contributed by atoms with Crippen molar-refractivity contribution >= 4 is 31.8 Å². The molecular weight excluding hydrogens is 330 g/mol. The number of nitrogens with one attached hydrogen (secondary N) is 1. The summed E-state index contributed by atoms with van der Waals surface area (Å²) in [6.45, 7) is 4.63. The fourth-order valence-electron chi connectivity index (χ4n) is 1.53. The minimum absolute atomic E-state index is 0.190. The van der Waals surface area contributed by atoms with Crippen LogP contribution in [0.2, 0.25) is 0 Å². The summed E-state index contributed by atoms with van der Waals surface area (Å²) in [4.78, 5) is 4.27. The maximum absolute atomic E-state index is 12.5. The number of nitrogens with zero attached hydrogens (tertiary/aromatic N) is 2. The van der Waals surface area contributed by atoms with Crippen molar-refractivity contribution in [3.63, 3.8) is 0 Å². The Labute approximate surface area is 123 Å². The molecule has 1 heterocycles. The SMILES string of the molecule is CNc1ncc(Br)cc1S(=O)(=O)N(C)CCC(C)C. The zero-order chi connectivity index (χ0) is 14.6. The van der Waals surface area contributed by atoms with E-state index in [0.29, 0.717) is 22.8 Å². The average molecular weight is 350 g/mol. The van der Waals surface area contributed by atoms with Crippen molar-refractivity contribution in [3.8, 4) is 0 Å². The molecule has 0 atom stereocenters. The third-order valence-corrected chi connectivity index (χ3v) is 5.07. The molecule has 0 aliphatic carbocycles. The van der Waals surface area contributed by atoms with Gasteiger partial charge in [0.25, 0.3) is 0 Å². The van der Waals surface area contributed by atoms with Crippen LogP contribution < -0.4 is 5.32 Å². The molecular formula is C12H20BrN3O2S. The van der Waals surface area contributed by atoms with Crippen molar-refractivity contribution in [3.05, 3.63) is 16.7 Å². The molecule has 0 fully saturated rings. The van der Waals surface area contributed by atoms with Crippen LogP contribution in [0.3, 0.4) is 0 Å². The normalized spacial score (nSPS) is 12.2. The maximum atomic E-state index is 12.5. The van der Waals surface area contributed by atoms with Crippen molar-refractivity contribution in [2.45, 2.75) is 25.2 Å². The lowest BCUT2D eigenvalue weighted by Crippen LogP contribution is -2.29. The molecule has 1 aromatic rings. The summed E-state index contributed by atoms with van der Waals surface area (Å²) in [6.07, 6.45) is 2.39. The topological polar surface area (TPSA) is 62.3 Å². The van der Waals surface area contributed by atoms with E-state index < -0.39 is 10.0 Å². The van der Waals surface area contributed by atoms with Gasteiger partial charge in [-0.1, -0.05) is 13.8 Å². The summed E-state index contributed by atoms with van der Waals surface area (Å²) in [5.41, 5.74) is 0. The Hall–Kier alpha value is -0.660. The first kappa shape index (κ1) is 16.4. The average Bonchev–Trinajstić information content (AvgIpc) is 2.35. The molecule has 0 saturated heterocycles. The van der Waals surface area contributed by atoms with Crippen LogP contribution in [0.5, 0.6) is 0 Å². The summed E-state index contributed by atoms with van der Waals surface area (Å²) in [5, 5.41) is 2.81. The number of hydrogen-bond donors (Lipinski definition) is 1. The van der Waals surface area contributed by atoms with Gasteiger partial charge in [-0.2, -0.15) is 0 Å². The molecule has 1 N–H and O–H groups in total. The van der Waals surface area contributed by atoms with Gasteiger partial charge in [0.2, 0.25) is 10.0 Å². The zero-order valence-corrected chi connectivity index (χ0v) is 14.0. The zero-order valence-electron chi connectivity index (χ0n) is 11.6. The van der Waals surface area contributed by atoms with Crippen LogP contribution >= 0.6 is 15.9 Å². The molecule has 5 nitrogen and oxygen atoms in total. The second-order valence-electron chi connectivity index (χ2n) is 4.76. The summed E-state index contributed by atoms with van der Waals surface area (Å²) in [6, 6.07) is 1.57. The second kappa shape index (κ2) is 6.67. The highest BCUT2D eigenvalue weighted by molar-refractivity contribution is 9.10. The molecule has 0 aliphatic heterocycles. The van der Waals surface area contributed by atoms with E-state index in [4.69, 9.17) is 0 Å². The van der Waals surface area contributed by atoms with Gasteiger partial charge in [0.1, 0.15) is 10.7 Å². The molecule has 0 radical (unpaired) electrons. The smallest absolute Gasteiger partial charge is 0.246 e. The maximum Gasteiger partial charge on any atom is 0.246 e. The Morgan fingerprint density at radius 1 is 1.47 bits per heavy atom. The van der Waals surface area contributed by atoms with Crippen LogP contribution in [0.15, 0.2) is 21.6 Å². The highest BCUT2D eigenvalue weighted by Gasteiger charge is 2.24. The van der Waals surface area contributed by atoms with Gasteiger partial charge in [0, 0.05) is 31.3 Å². The van der Waals surface area contributed by atoms with E-state index in [0.717, 1.165) is 6.42 Å². The number of hydrogen-bond acceptors (Lipinski definition) is 4. The molecule has 0 saturated carbocycles. The third-order valence-electron chi connectivity index (χ3n) is 2.77. The van der Waals surface area contributed by atoms with E-state index in [-0.39, 0.29) is 4.90 Å². The van der Waals surface area contributed by atoms with E-state index in [9.17, 15) is 8.42 Å². The lowest BCUT2D eigenvalue weighted by Gasteiger charge is -2.19. The van der Waals surface area contributed by atoms with Gasteiger partial charge >= 0.3 is 0 Å². The van der Waals surface area contributed by atoms with E-state index in [1.807, 2.05) is 0 Å². The summed E-state index contributed by atoms with van der Waals surface area (Å²) < 4.78 is 27.0. The minimum atomic E-state index is -3.52. The number of rotatable bonds is 6. The van der Waals surface area contributed by atoms with Gasteiger partial charge in [-0.25, -0.2) is 17.7 Å². The number of sulfonamides is 1. The predicted octanol–water partition coefficient (Wildman–Crippen LogP) is 2.55. The molecule has 0 aromatic carbocycles. The third kappa shape index (κ3) is 4.15. The van der Waals surface area contributed by atoms with Crippen LogP contribution in [0, 0.1) is 5.92 Å². The van der Waals surface area contributed by atoms with Crippen molar-refractivity contribution in [2.24, 2.45) is 5.92 Å². The molecule has 1 aromatic heterocycles. The molecule has 1 rings (SSSR count). The second-order valence-corrected chi connectivity index (χ2v) is 7.69. The van der Waals surface area contributed by atoms with Crippen LogP contribution in [-0.2, 0) is 10.0 Å². The Balaban J connectivity index is 3.09. The summed E-state index contributed by atoms with van der Waals surface area (Å²) in [5.74, 6) is 0.821. The number of halogens is 1. The first-order chi connectivity index (χ1) is 8.78. The van der Waals surface area contributed by atoms with E-state index in [1.54, 1.807) is 26.4 Å². The van der Waals surface area contributed by atoms with Crippen LogP contribution in [0.25, 0.3) is 0 Å². The van der Waals surface area contributed by atoms with Crippen molar-refractivity contribution in [1.82, 2.24) is 9.29 Å². The standard InChI is InChI=1S/C12H20BrN3O2S/c1-9(2)5-6-16(4)19(17,18)11-7-10(13)8-15-12(11)14-3/h7-9H,5-6H2,1-4H3,(H,14,15). The lowest BCUT2D eigenvalue weighted by molar-refractivity contribution is 0.428. The quantitative estimate of drug-likeness (QED) is 0.857. The lowest BCUT2D eigenvalue weighted by atomic mass is 10.1. The number of pyridine rings is 1. The van der Waals surface area contributed by atoms with Gasteiger partial charge in [0.15, 0.2) is 0 Å². The molecule has 19 heavy (non-hydrogen) atoms. The van der Waals surface area contributed by atoms with Crippen molar-refractivity contribution in [2.75, 3.05) is 26.0 Å². The molecule has 7 heteroatoms. The van der Waals surface area contributed by atoms with E-state index in [1.165, 1.54) is 4.31 Å². The first-order valence-corrected chi connectivity index (χ1v) is 8.32. The predicted molar refractivity (Wildman–Crippen MR) is 80.8 cm³/mol. The number of aromatic nitrogens is 1. The van der Waals surface area contributed by atoms with E-state index >= 15 is 0 Å². The largest absolute Gasteiger partial charge is 0.372 e. The monoisotopic (exact) mass is 349 g/mol. The Morgan fingerprint density at radius 2 is 2.11 bits per heavy atom. The molecule has 0 amide bonds. The fraction of sp³-hybridized carbons (Fsp3) is 0.583. The summed E-state index contributed by atoms with van der Waals surface area (Å²) in [7, 11) is -0.270. The first-order valence-electron chi connectivity index (χ1n) is 6.08. The van der Waals surface area contributed by atoms with Crippen molar-refractivity contribution in [1.29, 1.82) is 0 Å². The Morgan fingerprint density at radius 3 is 2.63 bits per heavy atom. The van der Waals surface area contributed by atoms with Gasteiger partial charge < -0.3 is 5.32 Å². The Bertz CT molecular complexity index is 532. The van der Waals surface area contributed by atoms with Gasteiger partial charge in [-0.3, -0.25) is 0 Å². The van der Waals surface area contributed by atoms with Crippen LogP contribution in [0.4, 0.5) is 5.82 Å². The fourth-order valence-corrected chi connectivity index (χ4v) is 3.37. The van der Waals surface area contributed by atoms with Crippen molar-refractivity contribution < 1.29 is 8.42 Å². The van der Waals surface area contributed by atoms with Gasteiger partial charge in [-0.05, 0) is 34.3 Å². The summed E-state index contributed by atoms with van der Waals surface area (Å²) >= 11 is 3.26. The Kier molecular flexibility index (Phi) is 5.76.